The number of amides is 1. The molecule has 1 fully saturated rings. The molecule has 6 heteroatoms. The van der Waals surface area contributed by atoms with E-state index in [0.29, 0.717) is 12.8 Å². The van der Waals surface area contributed by atoms with Crippen LogP contribution in [-0.2, 0) is 20.7 Å². The first-order valence-electron chi connectivity index (χ1n) is 8.93. The Kier molecular flexibility index (Phi) is 5.71. The number of nitrogens with zero attached hydrogens (tertiary/aromatic N) is 1. The predicted octanol–water partition coefficient (Wildman–Crippen LogP) is 3.65. The molecule has 1 N–H and O–H groups in total. The molecule has 1 aromatic carbocycles. The second-order valence-corrected chi connectivity index (χ2v) is 7.73. The zero-order valence-electron chi connectivity index (χ0n) is 15.2. The molecule has 0 radical (unpaired) electrons. The molecular formula is C20H24N2O3S. The zero-order chi connectivity index (χ0) is 18.6. The molecule has 0 spiro atoms. The van der Waals surface area contributed by atoms with Crippen LogP contribution in [0.4, 0.5) is 0 Å². The molecule has 1 saturated carbocycles. The SMILES string of the molecule is COC(=O)C1(NC(=O)Cc2csc(-c3cccc(C)c3)n2)CCCCC1. The fourth-order valence-corrected chi connectivity index (χ4v) is 4.32. The monoisotopic (exact) mass is 372 g/mol. The van der Waals surface area contributed by atoms with Crippen LogP contribution in [0, 0.1) is 6.92 Å². The highest BCUT2D eigenvalue weighted by molar-refractivity contribution is 7.13. The fourth-order valence-electron chi connectivity index (χ4n) is 3.51. The molecule has 2 aromatic rings. The Bertz CT molecular complexity index is 794. The second-order valence-electron chi connectivity index (χ2n) is 6.87. The van der Waals surface area contributed by atoms with Crippen LogP contribution < -0.4 is 5.32 Å². The number of benzene rings is 1. The number of carbonyl (C=O) groups excluding carboxylic acids is 2. The molecule has 1 aliphatic carbocycles. The number of thiazole rings is 1. The van der Waals surface area contributed by atoms with Crippen LogP contribution in [0.5, 0.6) is 0 Å². The number of ether oxygens (including phenoxy) is 1. The van der Waals surface area contributed by atoms with E-state index in [0.717, 1.165) is 35.5 Å². The van der Waals surface area contributed by atoms with Crippen LogP contribution in [0.15, 0.2) is 29.6 Å². The first kappa shape index (κ1) is 18.6. The van der Waals surface area contributed by atoms with Crippen molar-refractivity contribution in [2.75, 3.05) is 7.11 Å². The molecule has 138 valence electrons. The minimum Gasteiger partial charge on any atom is -0.467 e. The second kappa shape index (κ2) is 7.99. The maximum atomic E-state index is 12.6. The van der Waals surface area contributed by atoms with E-state index in [1.54, 1.807) is 0 Å². The van der Waals surface area contributed by atoms with Crippen molar-refractivity contribution in [3.8, 4) is 10.6 Å². The molecule has 1 amide bonds. The highest BCUT2D eigenvalue weighted by Crippen LogP contribution is 2.30. The molecule has 1 aliphatic rings. The van der Waals surface area contributed by atoms with Gasteiger partial charge in [-0.15, -0.1) is 11.3 Å². The van der Waals surface area contributed by atoms with Gasteiger partial charge in [0, 0.05) is 10.9 Å². The molecule has 0 unspecified atom stereocenters. The fraction of sp³-hybridized carbons (Fsp3) is 0.450. The third-order valence-electron chi connectivity index (χ3n) is 4.82. The van der Waals surface area contributed by atoms with E-state index in [2.05, 4.69) is 16.4 Å². The average Bonchev–Trinajstić information content (AvgIpc) is 3.10. The summed E-state index contributed by atoms with van der Waals surface area (Å²) in [7, 11) is 1.37. The number of esters is 1. The first-order valence-corrected chi connectivity index (χ1v) is 9.81. The van der Waals surface area contributed by atoms with Crippen molar-refractivity contribution in [1.29, 1.82) is 0 Å². The third-order valence-corrected chi connectivity index (χ3v) is 5.76. The van der Waals surface area contributed by atoms with Gasteiger partial charge in [-0.05, 0) is 25.8 Å². The molecule has 1 heterocycles. The Morgan fingerprint density at radius 3 is 2.73 bits per heavy atom. The molecule has 3 rings (SSSR count). The van der Waals surface area contributed by atoms with E-state index in [1.165, 1.54) is 24.0 Å². The van der Waals surface area contributed by atoms with Gasteiger partial charge in [-0.25, -0.2) is 9.78 Å². The van der Waals surface area contributed by atoms with E-state index in [1.807, 2.05) is 30.5 Å². The van der Waals surface area contributed by atoms with Gasteiger partial charge < -0.3 is 10.1 Å². The van der Waals surface area contributed by atoms with Gasteiger partial charge in [-0.3, -0.25) is 4.79 Å². The number of aromatic nitrogens is 1. The Morgan fingerprint density at radius 2 is 2.04 bits per heavy atom. The van der Waals surface area contributed by atoms with Crippen molar-refractivity contribution in [2.45, 2.75) is 51.0 Å². The quantitative estimate of drug-likeness (QED) is 0.814. The van der Waals surface area contributed by atoms with Gasteiger partial charge in [0.05, 0.1) is 19.2 Å². The molecular weight excluding hydrogens is 348 g/mol. The summed E-state index contributed by atoms with van der Waals surface area (Å²) in [5.74, 6) is -0.525. The van der Waals surface area contributed by atoms with Crippen LogP contribution >= 0.6 is 11.3 Å². The van der Waals surface area contributed by atoms with E-state index in [-0.39, 0.29) is 18.3 Å². The number of methoxy groups -OCH3 is 1. The largest absolute Gasteiger partial charge is 0.467 e. The molecule has 5 nitrogen and oxygen atoms in total. The van der Waals surface area contributed by atoms with Crippen LogP contribution in [0.25, 0.3) is 10.6 Å². The van der Waals surface area contributed by atoms with Crippen molar-refractivity contribution >= 4 is 23.2 Å². The maximum Gasteiger partial charge on any atom is 0.331 e. The molecule has 0 saturated heterocycles. The van der Waals surface area contributed by atoms with E-state index >= 15 is 0 Å². The first-order chi connectivity index (χ1) is 12.5. The number of aryl methyl sites for hydroxylation is 1. The summed E-state index contributed by atoms with van der Waals surface area (Å²) in [6.45, 7) is 2.04. The van der Waals surface area contributed by atoms with Crippen molar-refractivity contribution in [1.82, 2.24) is 10.3 Å². The lowest BCUT2D eigenvalue weighted by Crippen LogP contribution is -2.56. The van der Waals surface area contributed by atoms with Gasteiger partial charge in [0.15, 0.2) is 0 Å². The lowest BCUT2D eigenvalue weighted by molar-refractivity contribution is -0.152. The van der Waals surface area contributed by atoms with Crippen molar-refractivity contribution in [2.24, 2.45) is 0 Å². The van der Waals surface area contributed by atoms with Gasteiger partial charge in [0.2, 0.25) is 5.91 Å². The summed E-state index contributed by atoms with van der Waals surface area (Å²) >= 11 is 1.53. The molecule has 26 heavy (non-hydrogen) atoms. The van der Waals surface area contributed by atoms with E-state index in [4.69, 9.17) is 4.74 Å². The summed E-state index contributed by atoms with van der Waals surface area (Å²) in [6.07, 6.45) is 4.36. The van der Waals surface area contributed by atoms with Gasteiger partial charge in [0.1, 0.15) is 10.5 Å². The van der Waals surface area contributed by atoms with Crippen LogP contribution in [0.1, 0.15) is 43.4 Å². The Morgan fingerprint density at radius 1 is 1.27 bits per heavy atom. The third kappa shape index (κ3) is 4.12. The molecule has 0 atom stereocenters. The summed E-state index contributed by atoms with van der Waals surface area (Å²) in [5.41, 5.74) is 2.08. The van der Waals surface area contributed by atoms with E-state index in [9.17, 15) is 9.59 Å². The highest BCUT2D eigenvalue weighted by Gasteiger charge is 2.41. The number of carbonyl (C=O) groups is 2. The Hall–Kier alpha value is -2.21. The number of rotatable bonds is 5. The minimum absolute atomic E-state index is 0.168. The van der Waals surface area contributed by atoms with Gasteiger partial charge >= 0.3 is 5.97 Å². The Labute approximate surface area is 157 Å². The van der Waals surface area contributed by atoms with Crippen molar-refractivity contribution < 1.29 is 14.3 Å². The standard InChI is InChI=1S/C20H24N2O3S/c1-14-7-6-8-15(11-14)18-21-16(13-26-18)12-17(23)22-20(19(24)25-2)9-4-3-5-10-20/h6-8,11,13H,3-5,9-10,12H2,1-2H3,(H,22,23). The molecule has 0 bridgehead atoms. The lowest BCUT2D eigenvalue weighted by atomic mass is 9.81. The normalized spacial score (nSPS) is 16.1. The topological polar surface area (TPSA) is 68.3 Å². The van der Waals surface area contributed by atoms with Crippen LogP contribution in [0.2, 0.25) is 0 Å². The summed E-state index contributed by atoms with van der Waals surface area (Å²) in [5, 5.41) is 5.75. The number of hydrogen-bond donors (Lipinski definition) is 1. The average molecular weight is 372 g/mol. The van der Waals surface area contributed by atoms with Crippen molar-refractivity contribution in [3.63, 3.8) is 0 Å². The van der Waals surface area contributed by atoms with E-state index < -0.39 is 5.54 Å². The van der Waals surface area contributed by atoms with Gasteiger partial charge in [0.25, 0.3) is 0 Å². The Balaban J connectivity index is 1.69. The summed E-state index contributed by atoms with van der Waals surface area (Å²) < 4.78 is 4.95. The van der Waals surface area contributed by atoms with Crippen LogP contribution in [-0.4, -0.2) is 29.5 Å². The maximum absolute atomic E-state index is 12.6. The van der Waals surface area contributed by atoms with Gasteiger partial charge in [-0.2, -0.15) is 0 Å². The lowest BCUT2D eigenvalue weighted by Gasteiger charge is -2.35. The number of hydrogen-bond acceptors (Lipinski definition) is 5. The molecule has 1 aromatic heterocycles. The highest BCUT2D eigenvalue weighted by atomic mass is 32.1. The van der Waals surface area contributed by atoms with Crippen molar-refractivity contribution in [3.05, 3.63) is 40.9 Å². The predicted molar refractivity (Wildman–Crippen MR) is 102 cm³/mol. The summed E-state index contributed by atoms with van der Waals surface area (Å²) in [6, 6.07) is 8.14. The number of nitrogens with one attached hydrogen (secondary N) is 1. The summed E-state index contributed by atoms with van der Waals surface area (Å²) in [4.78, 5) is 29.4. The zero-order valence-corrected chi connectivity index (χ0v) is 16.0. The van der Waals surface area contributed by atoms with Crippen LogP contribution in [0.3, 0.4) is 0 Å². The molecule has 0 aliphatic heterocycles. The minimum atomic E-state index is -0.876. The smallest absolute Gasteiger partial charge is 0.331 e. The van der Waals surface area contributed by atoms with Gasteiger partial charge in [-0.1, -0.05) is 43.0 Å².